The fourth-order valence-corrected chi connectivity index (χ4v) is 2.18. The van der Waals surface area contributed by atoms with Gasteiger partial charge >= 0.3 is 0 Å². The molecule has 2 rings (SSSR count). The smallest absolute Gasteiger partial charge is 0.123 e. The van der Waals surface area contributed by atoms with Crippen molar-refractivity contribution in [1.29, 1.82) is 0 Å². The Balaban J connectivity index is 1.82. The summed E-state index contributed by atoms with van der Waals surface area (Å²) >= 11 is 0. The molecule has 2 aromatic carbocycles. The molecule has 0 heterocycles. The Morgan fingerprint density at radius 2 is 1.85 bits per heavy atom. The molecule has 0 saturated heterocycles. The lowest BCUT2D eigenvalue weighted by Gasteiger charge is -2.17. The van der Waals surface area contributed by atoms with Crippen LogP contribution in [0.25, 0.3) is 0 Å². The number of benzene rings is 2. The van der Waals surface area contributed by atoms with Crippen LogP contribution >= 0.6 is 0 Å². The normalized spacial score (nSPS) is 13.9. The van der Waals surface area contributed by atoms with Crippen molar-refractivity contribution < 1.29 is 9.50 Å². The lowest BCUT2D eigenvalue weighted by atomic mass is 10.1. The van der Waals surface area contributed by atoms with Crippen LogP contribution in [0.2, 0.25) is 0 Å². The highest BCUT2D eigenvalue weighted by atomic mass is 19.1. The molecule has 106 valence electrons. The van der Waals surface area contributed by atoms with E-state index in [-0.39, 0.29) is 11.9 Å². The minimum absolute atomic E-state index is 0.251. The molecule has 0 aromatic heterocycles. The Hall–Kier alpha value is -1.71. The van der Waals surface area contributed by atoms with Crippen LogP contribution in [0, 0.1) is 5.82 Å². The molecular weight excluding hydrogens is 253 g/mol. The third kappa shape index (κ3) is 4.44. The van der Waals surface area contributed by atoms with Gasteiger partial charge in [0.15, 0.2) is 0 Å². The van der Waals surface area contributed by atoms with Gasteiger partial charge in [-0.3, -0.25) is 0 Å². The standard InChI is InChI=1S/C17H20FNO/c1-13(10-14-6-3-2-4-7-14)19-12-17(20)15-8-5-9-16(18)11-15/h2-9,11,13,17,19-20H,10,12H2,1H3. The van der Waals surface area contributed by atoms with Crippen LogP contribution < -0.4 is 5.32 Å². The Labute approximate surface area is 119 Å². The molecule has 2 unspecified atom stereocenters. The molecule has 0 amide bonds. The van der Waals surface area contributed by atoms with E-state index < -0.39 is 6.10 Å². The van der Waals surface area contributed by atoms with E-state index in [1.165, 1.54) is 17.7 Å². The van der Waals surface area contributed by atoms with Crippen molar-refractivity contribution in [2.24, 2.45) is 0 Å². The highest BCUT2D eigenvalue weighted by molar-refractivity contribution is 5.19. The Morgan fingerprint density at radius 1 is 1.10 bits per heavy atom. The number of nitrogens with one attached hydrogen (secondary N) is 1. The van der Waals surface area contributed by atoms with Gasteiger partial charge in [0.05, 0.1) is 6.10 Å². The molecule has 20 heavy (non-hydrogen) atoms. The zero-order valence-corrected chi connectivity index (χ0v) is 11.6. The van der Waals surface area contributed by atoms with Crippen molar-refractivity contribution in [2.75, 3.05) is 6.54 Å². The van der Waals surface area contributed by atoms with E-state index in [2.05, 4.69) is 24.4 Å². The Kier molecular flexibility index (Phi) is 5.27. The maximum Gasteiger partial charge on any atom is 0.123 e. The van der Waals surface area contributed by atoms with E-state index in [0.717, 1.165) is 6.42 Å². The molecule has 0 aliphatic carbocycles. The lowest BCUT2D eigenvalue weighted by Crippen LogP contribution is -2.32. The Morgan fingerprint density at radius 3 is 2.55 bits per heavy atom. The molecule has 0 aliphatic heterocycles. The molecule has 0 saturated carbocycles. The molecule has 3 heteroatoms. The van der Waals surface area contributed by atoms with Crippen molar-refractivity contribution in [2.45, 2.75) is 25.5 Å². The summed E-state index contributed by atoms with van der Waals surface area (Å²) < 4.78 is 13.1. The summed E-state index contributed by atoms with van der Waals surface area (Å²) in [6, 6.07) is 16.5. The van der Waals surface area contributed by atoms with Gasteiger partial charge in [0.1, 0.15) is 5.82 Å². The van der Waals surface area contributed by atoms with Crippen LogP contribution in [0.3, 0.4) is 0 Å². The third-order valence-corrected chi connectivity index (χ3v) is 3.28. The SMILES string of the molecule is CC(Cc1ccccc1)NCC(O)c1cccc(F)c1. The van der Waals surface area contributed by atoms with Crippen LogP contribution in [0.1, 0.15) is 24.2 Å². The first-order valence-electron chi connectivity index (χ1n) is 6.86. The average molecular weight is 273 g/mol. The molecule has 2 atom stereocenters. The van der Waals surface area contributed by atoms with E-state index >= 15 is 0 Å². The van der Waals surface area contributed by atoms with Crippen LogP contribution in [0.15, 0.2) is 54.6 Å². The fraction of sp³-hybridized carbons (Fsp3) is 0.294. The van der Waals surface area contributed by atoms with Gasteiger partial charge in [-0.1, -0.05) is 42.5 Å². The minimum atomic E-state index is -0.691. The summed E-state index contributed by atoms with van der Waals surface area (Å²) in [5.41, 5.74) is 1.86. The zero-order valence-electron chi connectivity index (χ0n) is 11.6. The second-order valence-electron chi connectivity index (χ2n) is 5.07. The van der Waals surface area contributed by atoms with Crippen molar-refractivity contribution in [3.63, 3.8) is 0 Å². The number of aliphatic hydroxyl groups excluding tert-OH is 1. The van der Waals surface area contributed by atoms with Crippen LogP contribution in [0.4, 0.5) is 4.39 Å². The summed E-state index contributed by atoms with van der Waals surface area (Å²) in [5, 5.41) is 13.3. The van der Waals surface area contributed by atoms with Gasteiger partial charge in [0, 0.05) is 12.6 Å². The maximum absolute atomic E-state index is 13.1. The number of aliphatic hydroxyl groups is 1. The summed E-state index contributed by atoms with van der Waals surface area (Å²) in [5.74, 6) is -0.320. The van der Waals surface area contributed by atoms with E-state index in [1.54, 1.807) is 12.1 Å². The van der Waals surface area contributed by atoms with E-state index in [1.807, 2.05) is 18.2 Å². The number of halogens is 1. The van der Waals surface area contributed by atoms with Gasteiger partial charge in [0.2, 0.25) is 0 Å². The van der Waals surface area contributed by atoms with Crippen molar-refractivity contribution >= 4 is 0 Å². The largest absolute Gasteiger partial charge is 0.387 e. The lowest BCUT2D eigenvalue weighted by molar-refractivity contribution is 0.170. The predicted molar refractivity (Wildman–Crippen MR) is 79.0 cm³/mol. The second-order valence-corrected chi connectivity index (χ2v) is 5.07. The molecule has 0 fully saturated rings. The van der Waals surface area contributed by atoms with Crippen LogP contribution in [0.5, 0.6) is 0 Å². The van der Waals surface area contributed by atoms with Gasteiger partial charge in [-0.2, -0.15) is 0 Å². The molecule has 0 radical (unpaired) electrons. The first-order valence-corrected chi connectivity index (χ1v) is 6.86. The third-order valence-electron chi connectivity index (χ3n) is 3.28. The first kappa shape index (κ1) is 14.7. The summed E-state index contributed by atoms with van der Waals surface area (Å²) in [4.78, 5) is 0. The molecule has 2 N–H and O–H groups in total. The van der Waals surface area contributed by atoms with Gasteiger partial charge in [-0.25, -0.2) is 4.39 Å². The number of hydrogen-bond donors (Lipinski definition) is 2. The monoisotopic (exact) mass is 273 g/mol. The quantitative estimate of drug-likeness (QED) is 0.847. The molecule has 0 bridgehead atoms. The summed E-state index contributed by atoms with van der Waals surface area (Å²) in [6.45, 7) is 2.49. The zero-order chi connectivity index (χ0) is 14.4. The van der Waals surface area contributed by atoms with Gasteiger partial charge in [-0.05, 0) is 36.6 Å². The van der Waals surface area contributed by atoms with E-state index in [0.29, 0.717) is 12.1 Å². The summed E-state index contributed by atoms with van der Waals surface area (Å²) in [6.07, 6.45) is 0.209. The van der Waals surface area contributed by atoms with Crippen molar-refractivity contribution in [3.05, 3.63) is 71.5 Å². The topological polar surface area (TPSA) is 32.3 Å². The van der Waals surface area contributed by atoms with Crippen molar-refractivity contribution in [1.82, 2.24) is 5.32 Å². The van der Waals surface area contributed by atoms with Gasteiger partial charge in [-0.15, -0.1) is 0 Å². The molecule has 0 spiro atoms. The first-order chi connectivity index (χ1) is 9.65. The van der Waals surface area contributed by atoms with Crippen LogP contribution in [-0.2, 0) is 6.42 Å². The van der Waals surface area contributed by atoms with E-state index in [9.17, 15) is 9.50 Å². The van der Waals surface area contributed by atoms with E-state index in [4.69, 9.17) is 0 Å². The number of hydrogen-bond acceptors (Lipinski definition) is 2. The molecule has 2 aromatic rings. The minimum Gasteiger partial charge on any atom is -0.387 e. The van der Waals surface area contributed by atoms with Crippen molar-refractivity contribution in [3.8, 4) is 0 Å². The van der Waals surface area contributed by atoms with Crippen LogP contribution in [-0.4, -0.2) is 17.7 Å². The average Bonchev–Trinajstić information content (AvgIpc) is 2.46. The molecule has 0 aliphatic rings. The van der Waals surface area contributed by atoms with Gasteiger partial charge < -0.3 is 10.4 Å². The van der Waals surface area contributed by atoms with Gasteiger partial charge in [0.25, 0.3) is 0 Å². The second kappa shape index (κ2) is 7.17. The fourth-order valence-electron chi connectivity index (χ4n) is 2.18. The highest BCUT2D eigenvalue weighted by Gasteiger charge is 2.10. The Bertz CT molecular complexity index is 530. The summed E-state index contributed by atoms with van der Waals surface area (Å²) in [7, 11) is 0. The predicted octanol–water partition coefficient (Wildman–Crippen LogP) is 3.08. The molecule has 2 nitrogen and oxygen atoms in total. The maximum atomic E-state index is 13.1. The number of rotatable bonds is 6. The highest BCUT2D eigenvalue weighted by Crippen LogP contribution is 2.13. The molecular formula is C17H20FNO.